The molecule has 0 saturated carbocycles. The van der Waals surface area contributed by atoms with Crippen LogP contribution in [0.5, 0.6) is 0 Å². The quantitative estimate of drug-likeness (QED) is 0.162. The molecule has 0 bridgehead atoms. The monoisotopic (exact) mass is 197 g/mol. The summed E-state index contributed by atoms with van der Waals surface area (Å²) in [6.45, 7) is -1.24. The van der Waals surface area contributed by atoms with Crippen LogP contribution in [0.3, 0.4) is 0 Å². The number of aliphatic hydroxyl groups is 5. The smallest absolute Gasteiger partial charge is 0.137 e. The molecule has 0 aliphatic carbocycles. The molecule has 4 atom stereocenters. The minimum atomic E-state index is -1.60. The molecule has 0 aromatic heterocycles. The highest BCUT2D eigenvalue weighted by molar-refractivity contribution is 4.83. The lowest BCUT2D eigenvalue weighted by atomic mass is 10.0. The van der Waals surface area contributed by atoms with Crippen molar-refractivity contribution in [1.82, 2.24) is 5.43 Å². The first kappa shape index (κ1) is 10.8. The van der Waals surface area contributed by atoms with E-state index >= 15 is 0 Å². The molecule has 0 aliphatic heterocycles. The molecule has 0 fully saturated rings. The molecule has 0 spiro atoms. The maximum Gasteiger partial charge on any atom is 0.137 e. The van der Waals surface area contributed by atoms with E-state index in [-0.39, 0.29) is 0 Å². The Balaban J connectivity index is 4.17. The molecule has 0 saturated heterocycles. The molecule has 0 unspecified atom stereocenters. The molecule has 0 aliphatic rings. The predicted octanol–water partition coefficient (Wildman–Crippen LogP) is -4.11. The van der Waals surface area contributed by atoms with E-state index < -0.39 is 37.6 Å². The van der Waals surface area contributed by atoms with Crippen molar-refractivity contribution in [2.45, 2.75) is 24.4 Å². The van der Waals surface area contributed by atoms with Crippen molar-refractivity contribution >= 4 is 0 Å². The normalized spacial score (nSPS) is 21.8. The number of nitrogens with two attached hydrogens (primary N) is 1. The van der Waals surface area contributed by atoms with Crippen LogP contribution in [0.15, 0.2) is 0 Å². The summed E-state index contributed by atoms with van der Waals surface area (Å²) in [6, 6.07) is -1.01. The Hall–Kier alpha value is -0.280. The highest BCUT2D eigenvalue weighted by Crippen LogP contribution is 2.03. The third-order valence-electron chi connectivity index (χ3n) is 1.73. The fraction of sp³-hybridized carbons (Fsp3) is 1.00. The van der Waals surface area contributed by atoms with Crippen molar-refractivity contribution in [3.63, 3.8) is 0 Å². The Morgan fingerprint density at radius 3 is 2.15 bits per heavy atom. The van der Waals surface area contributed by atoms with Gasteiger partial charge in [-0.25, -0.2) is 0 Å². The van der Waals surface area contributed by atoms with E-state index in [9.17, 15) is 10.2 Å². The van der Waals surface area contributed by atoms with E-state index in [4.69, 9.17) is 16.7 Å². The van der Waals surface area contributed by atoms with Gasteiger partial charge in [0.05, 0.1) is 19.3 Å². The van der Waals surface area contributed by atoms with Crippen LogP contribution in [0.25, 0.3) is 0 Å². The molecule has 7 heteroatoms. The summed E-state index contributed by atoms with van der Waals surface area (Å²) in [5.41, 5.74) is 2.16. The van der Waals surface area contributed by atoms with Gasteiger partial charge in [0.25, 0.3) is 0 Å². The maximum absolute atomic E-state index is 9.34. The van der Waals surface area contributed by atoms with Gasteiger partial charge in [-0.05, 0) is 0 Å². The van der Waals surface area contributed by atoms with Gasteiger partial charge in [0.2, 0.25) is 0 Å². The molecule has 0 rings (SSSR count). The van der Waals surface area contributed by atoms with Gasteiger partial charge in [0, 0.05) is 0 Å². The Morgan fingerprint density at radius 2 is 1.77 bits per heavy atom. The zero-order valence-electron chi connectivity index (χ0n) is 7.96. The zero-order chi connectivity index (χ0) is 11.1. The zero-order valence-corrected chi connectivity index (χ0v) is 6.96. The largest absolute Gasteiger partial charge is 0.395 e. The second kappa shape index (κ2) is 6.22. The summed E-state index contributed by atoms with van der Waals surface area (Å²) in [7, 11) is 0. The van der Waals surface area contributed by atoms with E-state index in [1.165, 1.54) is 0 Å². The second-order valence-electron chi connectivity index (χ2n) is 2.66. The van der Waals surface area contributed by atoms with E-state index in [2.05, 4.69) is 5.43 Å². The lowest BCUT2D eigenvalue weighted by Gasteiger charge is -2.26. The summed E-state index contributed by atoms with van der Waals surface area (Å²) < 4.78 is 6.55. The third-order valence-corrected chi connectivity index (χ3v) is 1.73. The number of hydrazine groups is 1. The van der Waals surface area contributed by atoms with Gasteiger partial charge in [0.15, 0.2) is 0 Å². The van der Waals surface area contributed by atoms with Gasteiger partial charge in [0.1, 0.15) is 19.7 Å². The summed E-state index contributed by atoms with van der Waals surface area (Å²) in [5, 5.41) is 44.7. The first-order valence-corrected chi connectivity index (χ1v) is 3.76. The molecular formula is C6H16N2O5. The minimum absolute atomic E-state index is 0.539. The highest BCUT2D eigenvalue weighted by Gasteiger charge is 2.29. The summed E-state index contributed by atoms with van der Waals surface area (Å²) in [4.78, 5) is 0. The SMILES string of the molecule is [2H]NN[C@@H](CO)[C@@H](O)[C@@H](O)[C@H](O)CO. The molecular weight excluding hydrogens is 180 g/mol. The number of rotatable bonds is 7. The molecule has 0 radical (unpaired) electrons. The number of nitrogens with one attached hydrogen (secondary N) is 1. The van der Waals surface area contributed by atoms with Crippen LogP contribution < -0.4 is 11.3 Å². The first-order valence-electron chi connectivity index (χ1n) is 4.26. The summed E-state index contributed by atoms with van der Waals surface area (Å²) in [5.74, 6) is 1.74. The standard InChI is InChI=1S/C6H16N2O5/c7-8-3(1-9)5(12)6(13)4(11)2-10/h3-6,8-13H,1-2,7H2/t3-,4+,5+,6-/m0/s1/i/hD. The van der Waals surface area contributed by atoms with E-state index in [1.807, 2.05) is 0 Å². The average Bonchev–Trinajstić information content (AvgIpc) is 2.22. The van der Waals surface area contributed by atoms with Crippen molar-refractivity contribution in [3.05, 3.63) is 0 Å². The van der Waals surface area contributed by atoms with Gasteiger partial charge in [-0.1, -0.05) is 0 Å². The van der Waals surface area contributed by atoms with Crippen LogP contribution in [0.2, 0.25) is 1.41 Å². The van der Waals surface area contributed by atoms with E-state index in [0.29, 0.717) is 0 Å². The fourth-order valence-corrected chi connectivity index (χ4v) is 0.813. The Bertz CT molecular complexity index is 150. The lowest BCUT2D eigenvalue weighted by Crippen LogP contribution is -2.54. The molecule has 0 aromatic rings. The van der Waals surface area contributed by atoms with Crippen molar-refractivity contribution in [3.8, 4) is 0 Å². The van der Waals surface area contributed by atoms with Crippen molar-refractivity contribution in [2.75, 3.05) is 13.2 Å². The number of hydrogen-bond donors (Lipinski definition) is 7. The molecule has 80 valence electrons. The Labute approximate surface area is 76.9 Å². The molecule has 0 amide bonds. The summed E-state index contributed by atoms with van der Waals surface area (Å²) in [6.07, 6.45) is -4.59. The Kier molecular flexibility index (Phi) is 5.16. The molecule has 0 aromatic carbocycles. The van der Waals surface area contributed by atoms with Gasteiger partial charge < -0.3 is 25.5 Å². The summed E-state index contributed by atoms with van der Waals surface area (Å²) >= 11 is 0. The van der Waals surface area contributed by atoms with Crippen LogP contribution in [0.1, 0.15) is 0 Å². The number of aliphatic hydroxyl groups excluding tert-OH is 5. The van der Waals surface area contributed by atoms with Gasteiger partial charge in [-0.15, -0.1) is 0 Å². The van der Waals surface area contributed by atoms with Crippen LogP contribution in [-0.2, 0) is 0 Å². The maximum atomic E-state index is 9.34. The van der Waals surface area contributed by atoms with Crippen molar-refractivity contribution < 1.29 is 26.9 Å². The van der Waals surface area contributed by atoms with Crippen LogP contribution in [0.4, 0.5) is 0 Å². The van der Waals surface area contributed by atoms with E-state index in [0.717, 1.165) is 0 Å². The third kappa shape index (κ3) is 3.53. The van der Waals surface area contributed by atoms with Gasteiger partial charge in [-0.2, -0.15) is 0 Å². The predicted molar refractivity (Wildman–Crippen MR) is 43.3 cm³/mol. The fourth-order valence-electron chi connectivity index (χ4n) is 0.813. The van der Waals surface area contributed by atoms with Crippen molar-refractivity contribution in [1.29, 1.82) is 0 Å². The van der Waals surface area contributed by atoms with Gasteiger partial charge in [-0.3, -0.25) is 11.3 Å². The van der Waals surface area contributed by atoms with Gasteiger partial charge >= 0.3 is 0 Å². The average molecular weight is 197 g/mol. The van der Waals surface area contributed by atoms with Crippen LogP contribution in [-0.4, -0.2) is 63.1 Å². The topological polar surface area (TPSA) is 139 Å². The van der Waals surface area contributed by atoms with Crippen LogP contribution >= 0.6 is 0 Å². The minimum Gasteiger partial charge on any atom is -0.395 e. The molecule has 7 nitrogen and oxygen atoms in total. The highest BCUT2D eigenvalue weighted by atomic mass is 16.4. The number of hydrogen-bond acceptors (Lipinski definition) is 7. The molecule has 13 heavy (non-hydrogen) atoms. The Morgan fingerprint density at radius 1 is 1.15 bits per heavy atom. The lowest BCUT2D eigenvalue weighted by molar-refractivity contribution is -0.0916. The second-order valence-corrected chi connectivity index (χ2v) is 2.66. The first-order chi connectivity index (χ1) is 6.58. The molecule has 0 heterocycles. The molecule has 8 N–H and O–H groups in total. The van der Waals surface area contributed by atoms with Crippen molar-refractivity contribution in [2.24, 2.45) is 5.84 Å². The van der Waals surface area contributed by atoms with Crippen LogP contribution in [0, 0.1) is 0 Å². The van der Waals surface area contributed by atoms with E-state index in [1.54, 1.807) is 5.84 Å².